The molecule has 0 amide bonds. The van der Waals surface area contributed by atoms with Crippen LogP contribution in [0.4, 0.5) is 0 Å². The van der Waals surface area contributed by atoms with Crippen molar-refractivity contribution in [2.45, 2.75) is 0 Å². The van der Waals surface area contributed by atoms with Gasteiger partial charge in [0.2, 0.25) is 0 Å². The average Bonchev–Trinajstić information content (AvgIpc) is 2.23. The monoisotopic (exact) mass is 229 g/mol. The van der Waals surface area contributed by atoms with Gasteiger partial charge in [-0.05, 0) is 18.0 Å². The van der Waals surface area contributed by atoms with Crippen LogP contribution in [-0.4, -0.2) is 18.6 Å². The quantitative estimate of drug-likeness (QED) is 0.214. The predicted molar refractivity (Wildman–Crippen MR) is 69.5 cm³/mol. The van der Waals surface area contributed by atoms with Gasteiger partial charge in [0.25, 0.3) is 0 Å². The molecule has 0 aromatic heterocycles. The first-order valence-corrected chi connectivity index (χ1v) is 5.48. The maximum atomic E-state index is 5.50. The number of thiol groups is 1. The molecule has 78 valence electrons. The zero-order valence-corrected chi connectivity index (χ0v) is 9.81. The highest BCUT2D eigenvalue weighted by molar-refractivity contribution is 8.01. The molecule has 0 aromatic rings. The van der Waals surface area contributed by atoms with E-state index in [9.17, 15) is 0 Å². The van der Waals surface area contributed by atoms with Crippen LogP contribution in [0.15, 0.2) is 40.9 Å². The molecule has 0 aliphatic rings. The maximum absolute atomic E-state index is 5.50. The molecule has 0 aliphatic carbocycles. The average molecular weight is 229 g/mol. The first-order valence-electron chi connectivity index (χ1n) is 3.97. The van der Waals surface area contributed by atoms with Gasteiger partial charge in [-0.3, -0.25) is 10.1 Å². The van der Waals surface area contributed by atoms with Crippen LogP contribution in [0.1, 0.15) is 0 Å². The molecule has 3 nitrogen and oxygen atoms in total. The molecule has 0 spiro atoms. The van der Waals surface area contributed by atoms with Gasteiger partial charge in [-0.25, -0.2) is 0 Å². The zero-order valence-electron chi connectivity index (χ0n) is 8.10. The third-order valence-corrected chi connectivity index (χ3v) is 2.10. The van der Waals surface area contributed by atoms with Crippen LogP contribution in [0.25, 0.3) is 0 Å². The largest absolute Gasteiger partial charge is 0.381 e. The fraction of sp³-hybridized carbons (Fsp3) is 0.222. The molecule has 5 heteroatoms. The first kappa shape index (κ1) is 13.4. The Balaban J connectivity index is 4.62. The zero-order chi connectivity index (χ0) is 10.8. The standard InChI is InChI=1S/C9H15N3S2/c1-3-4-5-8(11-2)9(14-10)6-12-7-13/h3-6,12-13H,1,7,10H2,2H3/b5-4-,9-6-,11-8+. The van der Waals surface area contributed by atoms with E-state index in [1.54, 1.807) is 19.3 Å². The second-order valence-corrected chi connectivity index (χ2v) is 3.18. The van der Waals surface area contributed by atoms with Gasteiger partial charge in [-0.1, -0.05) is 18.7 Å². The number of nitrogens with one attached hydrogen (secondary N) is 1. The van der Waals surface area contributed by atoms with E-state index in [0.717, 1.165) is 22.6 Å². The van der Waals surface area contributed by atoms with E-state index in [1.165, 1.54) is 0 Å². The third kappa shape index (κ3) is 5.16. The molecule has 0 aromatic carbocycles. The van der Waals surface area contributed by atoms with Crippen molar-refractivity contribution in [3.05, 3.63) is 35.9 Å². The number of aliphatic imine (C=N–C) groups is 1. The van der Waals surface area contributed by atoms with Gasteiger partial charge in [-0.2, -0.15) is 12.6 Å². The van der Waals surface area contributed by atoms with E-state index in [1.807, 2.05) is 12.2 Å². The summed E-state index contributed by atoms with van der Waals surface area (Å²) in [7, 11) is 1.72. The van der Waals surface area contributed by atoms with Crippen molar-refractivity contribution in [2.24, 2.45) is 10.1 Å². The summed E-state index contributed by atoms with van der Waals surface area (Å²) in [5, 5.41) is 8.46. The second kappa shape index (κ2) is 8.93. The molecule has 0 atom stereocenters. The Bertz CT molecular complexity index is 257. The van der Waals surface area contributed by atoms with Crippen molar-refractivity contribution in [3.63, 3.8) is 0 Å². The van der Waals surface area contributed by atoms with Crippen LogP contribution >= 0.6 is 24.6 Å². The number of nitrogens with zero attached hydrogens (tertiary/aromatic N) is 1. The molecule has 0 heterocycles. The van der Waals surface area contributed by atoms with Gasteiger partial charge in [0, 0.05) is 13.2 Å². The minimum Gasteiger partial charge on any atom is -0.381 e. The summed E-state index contributed by atoms with van der Waals surface area (Å²) in [5.74, 6) is 0.562. The van der Waals surface area contributed by atoms with Gasteiger partial charge < -0.3 is 5.32 Å². The van der Waals surface area contributed by atoms with E-state index in [4.69, 9.17) is 5.14 Å². The van der Waals surface area contributed by atoms with Crippen LogP contribution in [0.5, 0.6) is 0 Å². The van der Waals surface area contributed by atoms with Crippen molar-refractivity contribution in [1.82, 2.24) is 5.32 Å². The minimum absolute atomic E-state index is 0.562. The third-order valence-electron chi connectivity index (χ3n) is 1.33. The molecule has 0 saturated heterocycles. The highest BCUT2D eigenvalue weighted by Crippen LogP contribution is 2.10. The van der Waals surface area contributed by atoms with E-state index >= 15 is 0 Å². The van der Waals surface area contributed by atoms with Gasteiger partial charge in [0.15, 0.2) is 0 Å². The van der Waals surface area contributed by atoms with Crippen molar-refractivity contribution < 1.29 is 0 Å². The SMILES string of the molecule is C=C\C=C/C(=N\C)C(=C/NCS)/SN. The lowest BCUT2D eigenvalue weighted by Crippen LogP contribution is -2.07. The lowest BCUT2D eigenvalue weighted by atomic mass is 10.3. The summed E-state index contributed by atoms with van der Waals surface area (Å²) in [5.41, 5.74) is 0.812. The van der Waals surface area contributed by atoms with Crippen LogP contribution in [0, 0.1) is 0 Å². The molecule has 0 aliphatic heterocycles. The molecule has 0 unspecified atom stereocenters. The van der Waals surface area contributed by atoms with E-state index in [-0.39, 0.29) is 0 Å². The maximum Gasteiger partial charge on any atom is 0.0734 e. The molecular weight excluding hydrogens is 214 g/mol. The highest BCUT2D eigenvalue weighted by atomic mass is 32.2. The molecule has 14 heavy (non-hydrogen) atoms. The smallest absolute Gasteiger partial charge is 0.0734 e. The highest BCUT2D eigenvalue weighted by Gasteiger charge is 2.00. The summed E-state index contributed by atoms with van der Waals surface area (Å²) in [6.07, 6.45) is 7.13. The van der Waals surface area contributed by atoms with Crippen molar-refractivity contribution in [1.29, 1.82) is 0 Å². The van der Waals surface area contributed by atoms with Crippen LogP contribution in [-0.2, 0) is 0 Å². The lowest BCUT2D eigenvalue weighted by Gasteiger charge is -2.03. The van der Waals surface area contributed by atoms with Crippen LogP contribution in [0.3, 0.4) is 0 Å². The number of allylic oxidation sites excluding steroid dienone is 4. The topological polar surface area (TPSA) is 50.4 Å². The molecule has 0 rings (SSSR count). The fourth-order valence-corrected chi connectivity index (χ4v) is 1.26. The van der Waals surface area contributed by atoms with Crippen LogP contribution < -0.4 is 10.5 Å². The summed E-state index contributed by atoms with van der Waals surface area (Å²) >= 11 is 5.16. The number of nitrogens with two attached hydrogens (primary N) is 1. The van der Waals surface area contributed by atoms with Gasteiger partial charge >= 0.3 is 0 Å². The normalized spacial score (nSPS) is 13.4. The van der Waals surface area contributed by atoms with E-state index in [2.05, 4.69) is 29.5 Å². The Morgan fingerprint density at radius 1 is 1.71 bits per heavy atom. The van der Waals surface area contributed by atoms with Gasteiger partial charge in [0.05, 0.1) is 16.5 Å². The number of hydrogen-bond donors (Lipinski definition) is 3. The summed E-state index contributed by atoms with van der Waals surface area (Å²) < 4.78 is 0. The van der Waals surface area contributed by atoms with Crippen LogP contribution in [0.2, 0.25) is 0 Å². The Labute approximate surface area is 94.8 Å². The molecule has 0 radical (unpaired) electrons. The Kier molecular flexibility index (Phi) is 8.51. The van der Waals surface area contributed by atoms with E-state index in [0.29, 0.717) is 5.88 Å². The summed E-state index contributed by atoms with van der Waals surface area (Å²) in [4.78, 5) is 4.96. The molecule has 3 N–H and O–H groups in total. The Hall–Kier alpha value is -0.650. The van der Waals surface area contributed by atoms with Gasteiger partial charge in [-0.15, -0.1) is 0 Å². The Morgan fingerprint density at radius 3 is 2.86 bits per heavy atom. The number of hydrogen-bond acceptors (Lipinski definition) is 5. The predicted octanol–water partition coefficient (Wildman–Crippen LogP) is 1.72. The van der Waals surface area contributed by atoms with Crippen molar-refractivity contribution >= 4 is 30.3 Å². The van der Waals surface area contributed by atoms with Gasteiger partial charge in [0.1, 0.15) is 0 Å². The summed E-state index contributed by atoms with van der Waals surface area (Å²) in [6, 6.07) is 0. The first-order chi connectivity index (χ1) is 6.79. The molecule has 0 fully saturated rings. The van der Waals surface area contributed by atoms with Crippen molar-refractivity contribution in [3.8, 4) is 0 Å². The molecule has 0 bridgehead atoms. The number of rotatable bonds is 6. The van der Waals surface area contributed by atoms with E-state index < -0.39 is 0 Å². The summed E-state index contributed by atoms with van der Waals surface area (Å²) in [6.45, 7) is 3.59. The Morgan fingerprint density at radius 2 is 2.43 bits per heavy atom. The fourth-order valence-electron chi connectivity index (χ4n) is 0.733. The second-order valence-electron chi connectivity index (χ2n) is 2.19. The minimum atomic E-state index is 0.562. The lowest BCUT2D eigenvalue weighted by molar-refractivity contribution is 1.07. The van der Waals surface area contributed by atoms with Crippen molar-refractivity contribution in [2.75, 3.05) is 12.9 Å². The molecule has 0 saturated carbocycles. The molecular formula is C9H15N3S2.